The monoisotopic (exact) mass is 470 g/mol. The number of allylic oxidation sites excluding steroid dienone is 6. The molecule has 5 aliphatic carbocycles. The normalized spacial score (nSPS) is 43.4. The Morgan fingerprint density at radius 1 is 0.886 bits per heavy atom. The Balaban J connectivity index is 1.78. The number of nitrogens with zero attached hydrogens (tertiary/aromatic N) is 2. The van der Waals surface area contributed by atoms with Gasteiger partial charge < -0.3 is 0 Å². The SMILES string of the molecule is CC1(C)CC[C@]2(C#N)CC[C@]3(C)C(=C2C1)C(=O)C=C1[C@@]2(C)C=C(C#N)C(=O)C(C)(C)[C@@H]2CC[C@]13C. The van der Waals surface area contributed by atoms with Gasteiger partial charge in [-0.3, -0.25) is 9.59 Å². The summed E-state index contributed by atoms with van der Waals surface area (Å²) < 4.78 is 0. The minimum atomic E-state index is -0.657. The molecule has 0 saturated heterocycles. The minimum Gasteiger partial charge on any atom is -0.293 e. The molecule has 0 N–H and O–H groups in total. The molecule has 2 fully saturated rings. The molecule has 0 amide bonds. The van der Waals surface area contributed by atoms with Crippen LogP contribution < -0.4 is 0 Å². The van der Waals surface area contributed by atoms with Crippen molar-refractivity contribution in [1.82, 2.24) is 0 Å². The first-order chi connectivity index (χ1) is 16.1. The first-order valence-corrected chi connectivity index (χ1v) is 13.2. The molecule has 0 radical (unpaired) electrons. The summed E-state index contributed by atoms with van der Waals surface area (Å²) in [6.07, 6.45) is 9.77. The van der Waals surface area contributed by atoms with E-state index >= 15 is 0 Å². The lowest BCUT2D eigenvalue weighted by atomic mass is 9.37. The van der Waals surface area contributed by atoms with E-state index in [1.54, 1.807) is 0 Å². The third-order valence-corrected chi connectivity index (χ3v) is 11.4. The van der Waals surface area contributed by atoms with Crippen LogP contribution in [0.4, 0.5) is 0 Å². The smallest absolute Gasteiger partial charge is 0.182 e. The molecule has 0 aromatic carbocycles. The highest BCUT2D eigenvalue weighted by atomic mass is 16.1. The van der Waals surface area contributed by atoms with Gasteiger partial charge in [-0.15, -0.1) is 0 Å². The van der Waals surface area contributed by atoms with E-state index in [4.69, 9.17) is 0 Å². The van der Waals surface area contributed by atoms with E-state index in [1.165, 1.54) is 0 Å². The fourth-order valence-corrected chi connectivity index (χ4v) is 9.10. The van der Waals surface area contributed by atoms with Crippen molar-refractivity contribution < 1.29 is 9.59 Å². The zero-order valence-electron chi connectivity index (χ0n) is 22.4. The van der Waals surface area contributed by atoms with Crippen molar-refractivity contribution in [1.29, 1.82) is 10.5 Å². The van der Waals surface area contributed by atoms with Crippen LogP contribution in [-0.2, 0) is 9.59 Å². The first-order valence-electron chi connectivity index (χ1n) is 13.2. The van der Waals surface area contributed by atoms with Crippen molar-refractivity contribution in [2.45, 2.75) is 93.4 Å². The number of Topliss-reactive ketones (excluding diaryl/α,β-unsaturated/α-hetero) is 1. The van der Waals surface area contributed by atoms with Crippen LogP contribution in [0.25, 0.3) is 0 Å². The van der Waals surface area contributed by atoms with Gasteiger partial charge in [0.2, 0.25) is 0 Å². The Bertz CT molecular complexity index is 1250. The van der Waals surface area contributed by atoms with E-state index < -0.39 is 16.2 Å². The summed E-state index contributed by atoms with van der Waals surface area (Å²) >= 11 is 0. The van der Waals surface area contributed by atoms with Crippen molar-refractivity contribution in [3.05, 3.63) is 34.4 Å². The highest BCUT2D eigenvalue weighted by molar-refractivity contribution is 6.09. The lowest BCUT2D eigenvalue weighted by molar-refractivity contribution is -0.132. The Labute approximate surface area is 210 Å². The number of carbonyl (C=O) groups excluding carboxylic acids is 2. The first kappa shape index (κ1) is 24.2. The highest BCUT2D eigenvalue weighted by Crippen LogP contribution is 2.72. The number of fused-ring (bicyclic) bond motifs is 6. The summed E-state index contributed by atoms with van der Waals surface area (Å²) in [7, 11) is 0. The van der Waals surface area contributed by atoms with E-state index in [1.807, 2.05) is 26.0 Å². The number of ketones is 2. The second kappa shape index (κ2) is 6.85. The lowest BCUT2D eigenvalue weighted by Gasteiger charge is -2.65. The van der Waals surface area contributed by atoms with Crippen molar-refractivity contribution in [3.63, 3.8) is 0 Å². The average Bonchev–Trinajstić information content (AvgIpc) is 2.77. The van der Waals surface area contributed by atoms with Crippen molar-refractivity contribution in [3.8, 4) is 12.1 Å². The van der Waals surface area contributed by atoms with Gasteiger partial charge in [0.1, 0.15) is 6.07 Å². The summed E-state index contributed by atoms with van der Waals surface area (Å²) in [5, 5.41) is 20.2. The molecule has 2 saturated carbocycles. The third kappa shape index (κ3) is 2.78. The molecule has 0 aromatic heterocycles. The van der Waals surface area contributed by atoms with Gasteiger partial charge in [0.15, 0.2) is 11.6 Å². The molecule has 4 heteroatoms. The molecule has 184 valence electrons. The average molecular weight is 471 g/mol. The maximum absolute atomic E-state index is 14.2. The molecule has 5 aliphatic rings. The highest BCUT2D eigenvalue weighted by Gasteiger charge is 2.66. The van der Waals surface area contributed by atoms with Gasteiger partial charge in [0.25, 0.3) is 0 Å². The molecule has 0 bridgehead atoms. The van der Waals surface area contributed by atoms with Gasteiger partial charge in [0, 0.05) is 21.8 Å². The van der Waals surface area contributed by atoms with Gasteiger partial charge in [-0.1, -0.05) is 54.5 Å². The van der Waals surface area contributed by atoms with Gasteiger partial charge in [-0.05, 0) is 78.9 Å². The summed E-state index contributed by atoms with van der Waals surface area (Å²) in [6, 6.07) is 4.85. The quantitative estimate of drug-likeness (QED) is 0.390. The zero-order chi connectivity index (χ0) is 25.8. The van der Waals surface area contributed by atoms with Gasteiger partial charge in [0.05, 0.1) is 17.1 Å². The topological polar surface area (TPSA) is 81.7 Å². The molecule has 0 aromatic rings. The van der Waals surface area contributed by atoms with Gasteiger partial charge in [-0.25, -0.2) is 0 Å². The Hall–Kier alpha value is -2.46. The van der Waals surface area contributed by atoms with Crippen LogP contribution in [0.5, 0.6) is 0 Å². The standard InChI is InChI=1S/C31H38N2O2/c1-26(2)10-12-31(18-33)13-11-30(7)24(20(31)16-26)21(34)14-23-28(5)15-19(17-32)25(35)27(3,4)22(28)8-9-29(23,30)6/h14-15,22H,8-13,16H2,1-7H3/t22-,28-,29+,30+,31+/m0/s1. The van der Waals surface area contributed by atoms with Crippen LogP contribution in [0.1, 0.15) is 93.4 Å². The van der Waals surface area contributed by atoms with Crippen LogP contribution in [0, 0.1) is 61.1 Å². The fourth-order valence-electron chi connectivity index (χ4n) is 9.10. The molecule has 0 unspecified atom stereocenters. The molecular weight excluding hydrogens is 432 g/mol. The zero-order valence-corrected chi connectivity index (χ0v) is 22.4. The molecule has 0 heterocycles. The second-order valence-electron chi connectivity index (χ2n) is 14.1. The van der Waals surface area contributed by atoms with Crippen LogP contribution in [0.15, 0.2) is 34.4 Å². The second-order valence-corrected chi connectivity index (χ2v) is 14.1. The Morgan fingerprint density at radius 3 is 2.17 bits per heavy atom. The van der Waals surface area contributed by atoms with E-state index in [-0.39, 0.29) is 39.3 Å². The van der Waals surface area contributed by atoms with Crippen molar-refractivity contribution >= 4 is 11.6 Å². The third-order valence-electron chi connectivity index (χ3n) is 11.4. The molecular formula is C31H38N2O2. The van der Waals surface area contributed by atoms with Crippen LogP contribution in [0.2, 0.25) is 0 Å². The van der Waals surface area contributed by atoms with Crippen LogP contribution >= 0.6 is 0 Å². The molecule has 4 nitrogen and oxygen atoms in total. The van der Waals surface area contributed by atoms with E-state index in [0.29, 0.717) is 0 Å². The predicted molar refractivity (Wildman–Crippen MR) is 135 cm³/mol. The number of carbonyl (C=O) groups is 2. The predicted octanol–water partition coefficient (Wildman–Crippen LogP) is 6.79. The molecule has 35 heavy (non-hydrogen) atoms. The molecule has 0 spiro atoms. The van der Waals surface area contributed by atoms with Crippen molar-refractivity contribution in [2.75, 3.05) is 0 Å². The number of hydrogen-bond donors (Lipinski definition) is 0. The largest absolute Gasteiger partial charge is 0.293 e. The Morgan fingerprint density at radius 2 is 1.54 bits per heavy atom. The summed E-state index contributed by atoms with van der Waals surface area (Å²) in [4.78, 5) is 27.3. The van der Waals surface area contributed by atoms with E-state index in [2.05, 4.69) is 46.8 Å². The van der Waals surface area contributed by atoms with Crippen LogP contribution in [0.3, 0.4) is 0 Å². The fraction of sp³-hybridized carbons (Fsp3) is 0.677. The lowest BCUT2D eigenvalue weighted by Crippen LogP contribution is -2.59. The Kier molecular flexibility index (Phi) is 4.74. The summed E-state index contributed by atoms with van der Waals surface area (Å²) in [6.45, 7) is 15.2. The minimum absolute atomic E-state index is 0.0416. The maximum atomic E-state index is 14.2. The van der Waals surface area contributed by atoms with Gasteiger partial charge in [-0.2, -0.15) is 10.5 Å². The van der Waals surface area contributed by atoms with Gasteiger partial charge >= 0.3 is 0 Å². The van der Waals surface area contributed by atoms with Crippen LogP contribution in [-0.4, -0.2) is 11.6 Å². The number of nitriles is 2. The molecule has 5 atom stereocenters. The summed E-state index contributed by atoms with van der Waals surface area (Å²) in [5.41, 5.74) is 1.06. The molecule has 5 rings (SSSR count). The summed E-state index contributed by atoms with van der Waals surface area (Å²) in [5.74, 6) is 0.0131. The van der Waals surface area contributed by atoms with Crippen molar-refractivity contribution in [2.24, 2.45) is 38.4 Å². The number of rotatable bonds is 0. The van der Waals surface area contributed by atoms with E-state index in [9.17, 15) is 20.1 Å². The maximum Gasteiger partial charge on any atom is 0.182 e. The number of hydrogen-bond acceptors (Lipinski definition) is 4. The van der Waals surface area contributed by atoms with E-state index in [0.717, 1.165) is 61.7 Å². The molecule has 0 aliphatic heterocycles.